The van der Waals surface area contributed by atoms with Crippen molar-refractivity contribution in [3.8, 4) is 33.6 Å². The average Bonchev–Trinajstić information content (AvgIpc) is 4.02. The fourth-order valence-electron chi connectivity index (χ4n) is 7.69. The van der Waals surface area contributed by atoms with E-state index in [-0.39, 0.29) is 35.7 Å². The van der Waals surface area contributed by atoms with Gasteiger partial charge >= 0.3 is 12.2 Å². The van der Waals surface area contributed by atoms with Crippen LogP contribution in [0.2, 0.25) is 0 Å². The number of rotatable bonds is 11. The third kappa shape index (κ3) is 7.93. The number of alkyl carbamates (subject to hydrolysis) is 2. The quantitative estimate of drug-likeness (QED) is 0.160. The number of imidazole rings is 2. The smallest absolute Gasteiger partial charge is 0.407 e. The van der Waals surface area contributed by atoms with Crippen LogP contribution in [0.15, 0.2) is 60.9 Å². The molecule has 4 N–H and O–H groups in total. The summed E-state index contributed by atoms with van der Waals surface area (Å²) in [6, 6.07) is 14.6. The van der Waals surface area contributed by atoms with Crippen LogP contribution in [0.5, 0.6) is 0 Å². The maximum atomic E-state index is 13.7. The molecule has 15 heteroatoms. The predicted octanol–water partition coefficient (Wildman–Crippen LogP) is 5.21. The third-order valence-corrected chi connectivity index (χ3v) is 10.9. The largest absolute Gasteiger partial charge is 0.453 e. The lowest BCUT2D eigenvalue weighted by Gasteiger charge is -2.36. The average molecular weight is 753 g/mol. The second kappa shape index (κ2) is 16.3. The van der Waals surface area contributed by atoms with Crippen LogP contribution < -0.4 is 10.6 Å². The lowest BCUT2D eigenvalue weighted by Crippen LogP contribution is -2.56. The number of nitrogens with one attached hydrogen (secondary N) is 4. The van der Waals surface area contributed by atoms with E-state index < -0.39 is 24.3 Å². The molecule has 5 heterocycles. The number of amides is 4. The Labute approximate surface area is 319 Å². The molecule has 55 heavy (non-hydrogen) atoms. The Bertz CT molecular complexity index is 1990. The molecule has 4 atom stereocenters. The molecular weight excluding hydrogens is 704 g/mol. The fourth-order valence-corrected chi connectivity index (χ4v) is 7.69. The highest BCUT2D eigenvalue weighted by Gasteiger charge is 2.42. The molecular formula is C40H48N8O7. The Morgan fingerprint density at radius 2 is 1.16 bits per heavy atom. The standard InChI is InChI=1S/C40H48N8O7/c1-23(2)33(45-39(51)53-3)37(49)47-17-5-7-31(47)35-41-19-29(43-35)26-13-9-24(10-14-26)25-11-15-27(16-12-25)30-20-42-36(44-30)32-8-6-18-48(32)38(50)34(28-21-55-22-28)46-40(52)54-4/h9-16,19-20,23,28,31-34H,5-8,17-18,21-22H2,1-4H3,(H,41,43)(H,42,44)(H,45,51)(H,46,52)/t31-,32-,33-,34-/m0/s1. The summed E-state index contributed by atoms with van der Waals surface area (Å²) in [6.45, 7) is 5.80. The van der Waals surface area contributed by atoms with Crippen LogP contribution in [0.3, 0.4) is 0 Å². The van der Waals surface area contributed by atoms with Gasteiger partial charge in [0.1, 0.15) is 23.7 Å². The maximum Gasteiger partial charge on any atom is 0.407 e. The first-order chi connectivity index (χ1) is 26.6. The minimum absolute atomic E-state index is 0.0949. The van der Waals surface area contributed by atoms with Gasteiger partial charge in [-0.2, -0.15) is 0 Å². The number of likely N-dealkylation sites (tertiary alicyclic amines) is 2. The Hall–Kier alpha value is -5.70. The molecule has 2 aromatic carbocycles. The van der Waals surface area contributed by atoms with Gasteiger partial charge in [0, 0.05) is 19.0 Å². The van der Waals surface area contributed by atoms with Crippen molar-refractivity contribution in [1.29, 1.82) is 0 Å². The molecule has 3 fully saturated rings. The van der Waals surface area contributed by atoms with Crippen LogP contribution in [0.4, 0.5) is 9.59 Å². The number of aromatic nitrogens is 4. The first-order valence-electron chi connectivity index (χ1n) is 18.8. The Kier molecular flexibility index (Phi) is 11.2. The van der Waals surface area contributed by atoms with Crippen molar-refractivity contribution >= 4 is 24.0 Å². The van der Waals surface area contributed by atoms with Crippen LogP contribution >= 0.6 is 0 Å². The molecule has 2 aromatic heterocycles. The van der Waals surface area contributed by atoms with Crippen molar-refractivity contribution < 1.29 is 33.4 Å². The van der Waals surface area contributed by atoms with Gasteiger partial charge in [-0.15, -0.1) is 0 Å². The van der Waals surface area contributed by atoms with Crippen LogP contribution in [-0.4, -0.2) is 106 Å². The number of carbonyl (C=O) groups excluding carboxylic acids is 4. The van der Waals surface area contributed by atoms with Crippen molar-refractivity contribution in [3.05, 3.63) is 72.6 Å². The number of carbonyl (C=O) groups is 4. The van der Waals surface area contributed by atoms with E-state index in [0.29, 0.717) is 32.1 Å². The molecule has 3 saturated heterocycles. The van der Waals surface area contributed by atoms with E-state index in [9.17, 15) is 19.2 Å². The van der Waals surface area contributed by atoms with Gasteiger partial charge in [0.15, 0.2) is 0 Å². The van der Waals surface area contributed by atoms with E-state index >= 15 is 0 Å². The Morgan fingerprint density at radius 3 is 1.60 bits per heavy atom. The van der Waals surface area contributed by atoms with Crippen LogP contribution in [0.25, 0.3) is 33.6 Å². The predicted molar refractivity (Wildman–Crippen MR) is 202 cm³/mol. The Morgan fingerprint density at radius 1 is 0.709 bits per heavy atom. The van der Waals surface area contributed by atoms with Crippen LogP contribution in [0.1, 0.15) is 63.3 Å². The normalized spacial score (nSPS) is 19.5. The van der Waals surface area contributed by atoms with E-state index in [0.717, 1.165) is 65.1 Å². The molecule has 4 aromatic rings. The van der Waals surface area contributed by atoms with Crippen molar-refractivity contribution in [3.63, 3.8) is 0 Å². The lowest BCUT2D eigenvalue weighted by molar-refractivity contribution is -0.142. The highest BCUT2D eigenvalue weighted by atomic mass is 16.5. The molecule has 3 aliphatic rings. The number of hydrogen-bond acceptors (Lipinski definition) is 9. The molecule has 290 valence electrons. The van der Waals surface area contributed by atoms with Gasteiger partial charge in [0.2, 0.25) is 11.8 Å². The van der Waals surface area contributed by atoms with Gasteiger partial charge in [-0.3, -0.25) is 9.59 Å². The molecule has 15 nitrogen and oxygen atoms in total. The van der Waals surface area contributed by atoms with E-state index in [1.165, 1.54) is 14.2 Å². The zero-order valence-corrected chi connectivity index (χ0v) is 31.5. The Balaban J connectivity index is 0.997. The molecule has 0 aliphatic carbocycles. The van der Waals surface area contributed by atoms with Crippen molar-refractivity contribution in [1.82, 2.24) is 40.4 Å². The molecule has 3 aliphatic heterocycles. The number of benzene rings is 2. The highest BCUT2D eigenvalue weighted by Crippen LogP contribution is 2.35. The van der Waals surface area contributed by atoms with Crippen molar-refractivity contribution in [2.75, 3.05) is 40.5 Å². The van der Waals surface area contributed by atoms with Crippen LogP contribution in [0, 0.1) is 11.8 Å². The topological polar surface area (TPSA) is 184 Å². The zero-order valence-electron chi connectivity index (χ0n) is 31.5. The molecule has 0 spiro atoms. The highest BCUT2D eigenvalue weighted by molar-refractivity contribution is 5.87. The van der Waals surface area contributed by atoms with Gasteiger partial charge < -0.3 is 44.6 Å². The lowest BCUT2D eigenvalue weighted by atomic mass is 9.96. The van der Waals surface area contributed by atoms with E-state index in [1.807, 2.05) is 38.1 Å². The third-order valence-electron chi connectivity index (χ3n) is 10.9. The van der Waals surface area contributed by atoms with Gasteiger partial charge in [-0.05, 0) is 53.9 Å². The molecule has 0 saturated carbocycles. The first kappa shape index (κ1) is 37.6. The minimum atomic E-state index is -0.711. The molecule has 7 rings (SSSR count). The SMILES string of the molecule is COC(=O)N[C@H](C(=O)N1CCC[C@H]1c1ncc(-c2ccc(-c3ccc(-c4cnc([C@@H]5CCCN5C(=O)[C@@H](NC(=O)OC)C5COC5)[nH]4)cc3)cc2)[nH]1)C(C)C. The molecule has 0 unspecified atom stereocenters. The molecule has 4 amide bonds. The van der Waals surface area contributed by atoms with Gasteiger partial charge in [-0.1, -0.05) is 62.4 Å². The van der Waals surface area contributed by atoms with Gasteiger partial charge in [0.25, 0.3) is 0 Å². The summed E-state index contributed by atoms with van der Waals surface area (Å²) in [4.78, 5) is 71.0. The number of nitrogens with zero attached hydrogens (tertiary/aromatic N) is 4. The summed E-state index contributed by atoms with van der Waals surface area (Å²) in [6.07, 6.45) is 5.57. The number of methoxy groups -OCH3 is 2. The second-order valence-electron chi connectivity index (χ2n) is 14.7. The monoisotopic (exact) mass is 752 g/mol. The number of ether oxygens (including phenoxy) is 3. The zero-order chi connectivity index (χ0) is 38.6. The molecule has 0 bridgehead atoms. The summed E-state index contributed by atoms with van der Waals surface area (Å²) < 4.78 is 14.8. The molecule has 0 radical (unpaired) electrons. The summed E-state index contributed by atoms with van der Waals surface area (Å²) in [5, 5.41) is 5.41. The van der Waals surface area contributed by atoms with E-state index in [4.69, 9.17) is 14.2 Å². The van der Waals surface area contributed by atoms with Crippen molar-refractivity contribution in [2.24, 2.45) is 11.8 Å². The maximum absolute atomic E-state index is 13.7. The number of hydrogen-bond donors (Lipinski definition) is 4. The van der Waals surface area contributed by atoms with E-state index in [1.54, 1.807) is 22.2 Å². The summed E-state index contributed by atoms with van der Waals surface area (Å²) in [7, 11) is 2.57. The summed E-state index contributed by atoms with van der Waals surface area (Å²) >= 11 is 0. The fraction of sp³-hybridized carbons (Fsp3) is 0.450. The second-order valence-corrected chi connectivity index (χ2v) is 14.7. The van der Waals surface area contributed by atoms with Crippen molar-refractivity contribution in [2.45, 2.75) is 63.7 Å². The van der Waals surface area contributed by atoms with Gasteiger partial charge in [-0.25, -0.2) is 19.6 Å². The van der Waals surface area contributed by atoms with Gasteiger partial charge in [0.05, 0.1) is 63.3 Å². The van der Waals surface area contributed by atoms with E-state index in [2.05, 4.69) is 54.8 Å². The summed E-state index contributed by atoms with van der Waals surface area (Å²) in [5.41, 5.74) is 5.76. The number of H-pyrrole nitrogens is 2. The summed E-state index contributed by atoms with van der Waals surface area (Å²) in [5.74, 6) is 0.941. The minimum Gasteiger partial charge on any atom is -0.453 e. The first-order valence-corrected chi connectivity index (χ1v) is 18.8. The number of aromatic amines is 2. The van der Waals surface area contributed by atoms with Crippen LogP contribution in [-0.2, 0) is 23.8 Å².